The second-order valence-electron chi connectivity index (χ2n) is 5.45. The van der Waals surface area contributed by atoms with E-state index in [-0.39, 0.29) is 24.0 Å². The lowest BCUT2D eigenvalue weighted by Crippen LogP contribution is -2.22. The van der Waals surface area contributed by atoms with Crippen LogP contribution in [0, 0.1) is 0 Å². The van der Waals surface area contributed by atoms with Crippen molar-refractivity contribution in [3.8, 4) is 11.5 Å². The molecule has 3 N–H and O–H groups in total. The van der Waals surface area contributed by atoms with Crippen LogP contribution in [-0.2, 0) is 13.6 Å². The maximum atomic E-state index is 5.95. The lowest BCUT2D eigenvalue weighted by atomic mass is 10.3. The summed E-state index contributed by atoms with van der Waals surface area (Å²) in [6.07, 6.45) is 4.00. The lowest BCUT2D eigenvalue weighted by Gasteiger charge is -2.09. The number of rotatable bonds is 5. The van der Waals surface area contributed by atoms with Crippen LogP contribution < -0.4 is 15.8 Å². The van der Waals surface area contributed by atoms with Gasteiger partial charge in [-0.25, -0.2) is 4.99 Å². The fourth-order valence-electron chi connectivity index (χ4n) is 2.28. The lowest BCUT2D eigenvalue weighted by molar-refractivity contribution is 0.483. The van der Waals surface area contributed by atoms with Crippen molar-refractivity contribution < 1.29 is 4.74 Å². The number of nitrogens with one attached hydrogen (secondary N) is 1. The van der Waals surface area contributed by atoms with E-state index in [1.54, 1.807) is 0 Å². The van der Waals surface area contributed by atoms with Crippen LogP contribution in [0.5, 0.6) is 11.5 Å². The summed E-state index contributed by atoms with van der Waals surface area (Å²) in [6.45, 7) is 0.542. The quantitative estimate of drug-likeness (QED) is 0.346. The van der Waals surface area contributed by atoms with Crippen LogP contribution in [0.2, 0.25) is 0 Å². The molecule has 0 spiro atoms. The molecule has 1 heterocycles. The Bertz CT molecular complexity index is 830. The second-order valence-corrected chi connectivity index (χ2v) is 5.45. The molecule has 0 aliphatic rings. The number of ether oxygens (including phenoxy) is 1. The SMILES string of the molecule is Cn1ccc(CN=C(N)Nc2cccc(Oc3ccccc3)c2)c1.I. The molecule has 0 saturated carbocycles. The molecule has 25 heavy (non-hydrogen) atoms. The van der Waals surface area contributed by atoms with Gasteiger partial charge in [0.25, 0.3) is 0 Å². The van der Waals surface area contributed by atoms with Gasteiger partial charge in [0.2, 0.25) is 0 Å². The minimum Gasteiger partial charge on any atom is -0.457 e. The van der Waals surface area contributed by atoms with Crippen LogP contribution >= 0.6 is 24.0 Å². The smallest absolute Gasteiger partial charge is 0.193 e. The number of hydrogen-bond donors (Lipinski definition) is 2. The largest absolute Gasteiger partial charge is 0.457 e. The van der Waals surface area contributed by atoms with Gasteiger partial charge >= 0.3 is 0 Å². The molecule has 0 unspecified atom stereocenters. The van der Waals surface area contributed by atoms with E-state index >= 15 is 0 Å². The number of aliphatic imine (C=N–C) groups is 1. The van der Waals surface area contributed by atoms with E-state index in [9.17, 15) is 0 Å². The molecule has 3 aromatic rings. The number of hydrogen-bond acceptors (Lipinski definition) is 2. The molecule has 1 aromatic heterocycles. The normalized spacial score (nSPS) is 10.8. The Morgan fingerprint density at radius 2 is 1.84 bits per heavy atom. The van der Waals surface area contributed by atoms with Gasteiger partial charge in [-0.2, -0.15) is 0 Å². The van der Waals surface area contributed by atoms with E-state index in [0.717, 1.165) is 22.7 Å². The first-order valence-corrected chi connectivity index (χ1v) is 7.70. The molecule has 0 saturated heterocycles. The molecular weight excluding hydrogens is 427 g/mol. The number of halogens is 1. The zero-order valence-corrected chi connectivity index (χ0v) is 16.3. The summed E-state index contributed by atoms with van der Waals surface area (Å²) in [5.41, 5.74) is 7.90. The van der Waals surface area contributed by atoms with Gasteiger partial charge in [-0.15, -0.1) is 24.0 Å². The number of aromatic nitrogens is 1. The Kier molecular flexibility index (Phi) is 6.88. The minimum absolute atomic E-state index is 0. The maximum absolute atomic E-state index is 5.95. The van der Waals surface area contributed by atoms with Crippen molar-refractivity contribution in [2.24, 2.45) is 17.8 Å². The molecule has 0 amide bonds. The van der Waals surface area contributed by atoms with Crippen molar-refractivity contribution >= 4 is 35.6 Å². The summed E-state index contributed by atoms with van der Waals surface area (Å²) in [4.78, 5) is 4.35. The first kappa shape index (κ1) is 18.9. The third kappa shape index (κ3) is 5.82. The van der Waals surface area contributed by atoms with Gasteiger partial charge in [0.15, 0.2) is 5.96 Å². The molecular formula is C19H21IN4O. The zero-order valence-electron chi connectivity index (χ0n) is 13.9. The predicted octanol–water partition coefficient (Wildman–Crippen LogP) is 4.36. The van der Waals surface area contributed by atoms with Crippen LogP contribution in [-0.4, -0.2) is 10.5 Å². The fraction of sp³-hybridized carbons (Fsp3) is 0.105. The summed E-state index contributed by atoms with van der Waals surface area (Å²) in [7, 11) is 1.98. The summed E-state index contributed by atoms with van der Waals surface area (Å²) < 4.78 is 7.79. The molecule has 0 fully saturated rings. The molecule has 5 nitrogen and oxygen atoms in total. The Morgan fingerprint density at radius 3 is 2.56 bits per heavy atom. The van der Waals surface area contributed by atoms with Crippen molar-refractivity contribution in [2.75, 3.05) is 5.32 Å². The average molecular weight is 448 g/mol. The number of guanidine groups is 1. The maximum Gasteiger partial charge on any atom is 0.193 e. The number of benzene rings is 2. The highest BCUT2D eigenvalue weighted by atomic mass is 127. The van der Waals surface area contributed by atoms with Gasteiger partial charge in [0, 0.05) is 31.2 Å². The highest BCUT2D eigenvalue weighted by molar-refractivity contribution is 14.0. The Labute approximate surface area is 164 Å². The van der Waals surface area contributed by atoms with E-state index < -0.39 is 0 Å². The fourth-order valence-corrected chi connectivity index (χ4v) is 2.28. The van der Waals surface area contributed by atoms with Crippen LogP contribution in [0.15, 0.2) is 78.0 Å². The van der Waals surface area contributed by atoms with Crippen LogP contribution in [0.1, 0.15) is 5.56 Å². The van der Waals surface area contributed by atoms with E-state index in [4.69, 9.17) is 10.5 Å². The van der Waals surface area contributed by atoms with Gasteiger partial charge in [0.05, 0.1) is 6.54 Å². The summed E-state index contributed by atoms with van der Waals surface area (Å²) in [5, 5.41) is 3.09. The second kappa shape index (κ2) is 9.12. The third-order valence-electron chi connectivity index (χ3n) is 3.41. The number of para-hydroxylation sites is 1. The Morgan fingerprint density at radius 1 is 1.08 bits per heavy atom. The summed E-state index contributed by atoms with van der Waals surface area (Å²) in [5.74, 6) is 1.90. The van der Waals surface area contributed by atoms with Crippen molar-refractivity contribution in [1.29, 1.82) is 0 Å². The van der Waals surface area contributed by atoms with Gasteiger partial charge in [-0.1, -0.05) is 24.3 Å². The molecule has 130 valence electrons. The van der Waals surface area contributed by atoms with Crippen molar-refractivity contribution in [3.05, 3.63) is 78.6 Å². The van der Waals surface area contributed by atoms with E-state index in [1.165, 1.54) is 0 Å². The minimum atomic E-state index is 0. The molecule has 0 atom stereocenters. The Balaban J connectivity index is 0.00000225. The third-order valence-corrected chi connectivity index (χ3v) is 3.41. The molecule has 6 heteroatoms. The number of anilines is 1. The molecule has 3 rings (SSSR count). The number of aryl methyl sites for hydroxylation is 1. The first-order valence-electron chi connectivity index (χ1n) is 7.70. The topological polar surface area (TPSA) is 64.6 Å². The van der Waals surface area contributed by atoms with Crippen LogP contribution in [0.3, 0.4) is 0 Å². The van der Waals surface area contributed by atoms with Gasteiger partial charge in [0.1, 0.15) is 11.5 Å². The van der Waals surface area contributed by atoms with Crippen LogP contribution in [0.4, 0.5) is 5.69 Å². The molecule has 2 aromatic carbocycles. The Hall–Kier alpha value is -2.48. The van der Waals surface area contributed by atoms with Crippen LogP contribution in [0.25, 0.3) is 0 Å². The van der Waals surface area contributed by atoms with Crippen molar-refractivity contribution in [3.63, 3.8) is 0 Å². The van der Waals surface area contributed by atoms with E-state index in [0.29, 0.717) is 12.5 Å². The predicted molar refractivity (Wildman–Crippen MR) is 113 cm³/mol. The number of nitrogens with zero attached hydrogens (tertiary/aromatic N) is 2. The van der Waals surface area contributed by atoms with Crippen molar-refractivity contribution in [2.45, 2.75) is 6.54 Å². The van der Waals surface area contributed by atoms with Gasteiger partial charge in [-0.3, -0.25) is 0 Å². The van der Waals surface area contributed by atoms with Gasteiger partial charge < -0.3 is 20.4 Å². The first-order chi connectivity index (χ1) is 11.7. The van der Waals surface area contributed by atoms with Gasteiger partial charge in [-0.05, 0) is 35.9 Å². The monoisotopic (exact) mass is 448 g/mol. The molecule has 0 radical (unpaired) electrons. The highest BCUT2D eigenvalue weighted by Crippen LogP contribution is 2.23. The standard InChI is InChI=1S/C19H20N4O.HI/c1-23-11-10-15(14-23)13-21-19(20)22-16-6-5-9-18(12-16)24-17-7-3-2-4-8-17;/h2-12,14H,13H2,1H3,(H3,20,21,22);1H. The molecule has 0 aliphatic carbocycles. The van der Waals surface area contributed by atoms with E-state index in [1.807, 2.05) is 84.7 Å². The molecule has 0 aliphatic heterocycles. The zero-order chi connectivity index (χ0) is 16.8. The average Bonchev–Trinajstić information content (AvgIpc) is 3.00. The van der Waals surface area contributed by atoms with Crippen molar-refractivity contribution in [1.82, 2.24) is 4.57 Å². The molecule has 0 bridgehead atoms. The summed E-state index contributed by atoms with van der Waals surface area (Å²) in [6, 6.07) is 19.3. The highest BCUT2D eigenvalue weighted by Gasteiger charge is 2.00. The van der Waals surface area contributed by atoms with E-state index in [2.05, 4.69) is 10.3 Å². The number of nitrogens with two attached hydrogens (primary N) is 1. The summed E-state index contributed by atoms with van der Waals surface area (Å²) >= 11 is 0.